The van der Waals surface area contributed by atoms with Crippen LogP contribution in [0.2, 0.25) is 0 Å². The molecule has 1 heteroatoms. The second-order valence-corrected chi connectivity index (χ2v) is 17.2. The zero-order valence-corrected chi connectivity index (χ0v) is 29.5. The molecule has 0 radical (unpaired) electrons. The second-order valence-electron chi connectivity index (χ2n) is 17.2. The Morgan fingerprint density at radius 3 is 1.96 bits per heavy atom. The third-order valence-electron chi connectivity index (χ3n) is 13.9. The van der Waals surface area contributed by atoms with Gasteiger partial charge in [-0.2, -0.15) is 0 Å². The summed E-state index contributed by atoms with van der Waals surface area (Å²) >= 11 is 0. The van der Waals surface area contributed by atoms with Gasteiger partial charge >= 0.3 is 0 Å². The zero-order valence-electron chi connectivity index (χ0n) is 29.5. The van der Waals surface area contributed by atoms with Crippen molar-refractivity contribution in [3.05, 3.63) is 154 Å². The van der Waals surface area contributed by atoms with Crippen LogP contribution in [0, 0.1) is 11.8 Å². The standard InChI is InChI=1S/C48H43N/c1-45(2)34-22-14-24-36-42(34)49-43-35(45)23-15-25-37(43)47(5,6)44-38-26-29(27-39(46(36,3)4)48(38,44)49)41-32-20-12-10-18-30(32)40(28-16-8-7-9-17-28)31-19-11-13-21-33(31)41/h7-12,14-20,22-27,38,44H,13,21H2,1-6H3. The van der Waals surface area contributed by atoms with Crippen molar-refractivity contribution >= 4 is 33.8 Å². The Balaban J connectivity index is 1.24. The average Bonchev–Trinajstić information content (AvgIpc) is 3.80. The van der Waals surface area contributed by atoms with Crippen molar-refractivity contribution in [3.63, 3.8) is 0 Å². The summed E-state index contributed by atoms with van der Waals surface area (Å²) in [5, 5.41) is 2.74. The maximum Gasteiger partial charge on any atom is 0.0784 e. The lowest BCUT2D eigenvalue weighted by Crippen LogP contribution is -2.56. The smallest absolute Gasteiger partial charge is 0.0784 e. The predicted molar refractivity (Wildman–Crippen MR) is 206 cm³/mol. The van der Waals surface area contributed by atoms with E-state index >= 15 is 0 Å². The Morgan fingerprint density at radius 2 is 1.24 bits per heavy atom. The molecule has 0 saturated heterocycles. The van der Waals surface area contributed by atoms with Gasteiger partial charge in [-0.3, -0.25) is 0 Å². The lowest BCUT2D eigenvalue weighted by atomic mass is 9.58. The molecule has 0 aromatic heterocycles. The highest BCUT2D eigenvalue weighted by Gasteiger charge is 2.80. The molecule has 5 aromatic rings. The van der Waals surface area contributed by atoms with Crippen LogP contribution in [0.15, 0.2) is 115 Å². The highest BCUT2D eigenvalue weighted by molar-refractivity contribution is 6.09. The lowest BCUT2D eigenvalue weighted by molar-refractivity contribution is 0.365. The molecule has 11 rings (SSSR count). The summed E-state index contributed by atoms with van der Waals surface area (Å²) in [6.07, 6.45) is 12.4. The van der Waals surface area contributed by atoms with Crippen LogP contribution in [-0.2, 0) is 22.7 Å². The average molecular weight is 634 g/mol. The molecule has 3 atom stereocenters. The first-order chi connectivity index (χ1) is 23.6. The van der Waals surface area contributed by atoms with Crippen molar-refractivity contribution in [1.82, 2.24) is 0 Å². The van der Waals surface area contributed by atoms with E-state index in [1.54, 1.807) is 5.57 Å². The van der Waals surface area contributed by atoms with Gasteiger partial charge in [-0.25, -0.2) is 0 Å². The minimum atomic E-state index is -0.107. The summed E-state index contributed by atoms with van der Waals surface area (Å²) in [5.74, 6) is 0.931. The molecular weight excluding hydrogens is 591 g/mol. The molecule has 49 heavy (non-hydrogen) atoms. The number of hydrogen-bond acceptors (Lipinski definition) is 1. The van der Waals surface area contributed by atoms with Crippen LogP contribution < -0.4 is 4.90 Å². The van der Waals surface area contributed by atoms with Gasteiger partial charge in [0.2, 0.25) is 0 Å². The number of anilines is 2. The van der Waals surface area contributed by atoms with Crippen molar-refractivity contribution < 1.29 is 0 Å². The molecule has 1 saturated carbocycles. The summed E-state index contributed by atoms with van der Waals surface area (Å²) in [5.41, 5.74) is 18.9. The Hall–Kier alpha value is -4.62. The van der Waals surface area contributed by atoms with Gasteiger partial charge < -0.3 is 4.90 Å². The zero-order chi connectivity index (χ0) is 33.2. The van der Waals surface area contributed by atoms with E-state index in [0.717, 1.165) is 12.8 Å². The van der Waals surface area contributed by atoms with E-state index in [0.29, 0.717) is 11.8 Å². The molecular formula is C48H43N. The molecule has 1 fully saturated rings. The van der Waals surface area contributed by atoms with Gasteiger partial charge in [0.1, 0.15) is 0 Å². The monoisotopic (exact) mass is 633 g/mol. The van der Waals surface area contributed by atoms with Gasteiger partial charge in [-0.15, -0.1) is 0 Å². The number of para-hydroxylation sites is 2. The van der Waals surface area contributed by atoms with Crippen LogP contribution in [0.25, 0.3) is 33.5 Å². The quantitative estimate of drug-likeness (QED) is 0.187. The van der Waals surface area contributed by atoms with Gasteiger partial charge in [0, 0.05) is 28.4 Å². The molecule has 3 heterocycles. The fourth-order valence-corrected chi connectivity index (χ4v) is 11.9. The van der Waals surface area contributed by atoms with E-state index in [1.165, 1.54) is 77.8 Å². The number of nitrogens with zero attached hydrogens (tertiary/aromatic N) is 1. The summed E-state index contributed by atoms with van der Waals surface area (Å²) < 4.78 is 0. The molecule has 6 aliphatic rings. The first-order valence-electron chi connectivity index (χ1n) is 18.4. The maximum atomic E-state index is 2.90. The van der Waals surface area contributed by atoms with Crippen molar-refractivity contribution in [1.29, 1.82) is 0 Å². The number of rotatable bonds is 2. The summed E-state index contributed by atoms with van der Waals surface area (Å²) in [4.78, 5) is 2.90. The van der Waals surface area contributed by atoms with Crippen molar-refractivity contribution in [2.75, 3.05) is 4.90 Å². The molecule has 1 nitrogen and oxygen atoms in total. The first kappa shape index (κ1) is 28.2. The Labute approximate surface area is 290 Å². The van der Waals surface area contributed by atoms with E-state index in [-0.39, 0.29) is 21.8 Å². The van der Waals surface area contributed by atoms with Gasteiger partial charge in [-0.1, -0.05) is 157 Å². The van der Waals surface area contributed by atoms with Crippen molar-refractivity contribution in [3.8, 4) is 11.1 Å². The van der Waals surface area contributed by atoms with E-state index in [4.69, 9.17) is 0 Å². The van der Waals surface area contributed by atoms with Crippen molar-refractivity contribution in [2.24, 2.45) is 11.8 Å². The Kier molecular flexibility index (Phi) is 5.04. The van der Waals surface area contributed by atoms with Gasteiger partial charge in [-0.05, 0) is 90.2 Å². The van der Waals surface area contributed by atoms with Crippen LogP contribution in [0.4, 0.5) is 11.4 Å². The first-order valence-corrected chi connectivity index (χ1v) is 18.4. The normalized spacial score (nSPS) is 26.3. The fourth-order valence-electron chi connectivity index (χ4n) is 11.9. The largest absolute Gasteiger partial charge is 0.329 e. The second kappa shape index (κ2) is 8.75. The molecule has 0 bridgehead atoms. The van der Waals surface area contributed by atoms with Crippen LogP contribution in [-0.4, -0.2) is 5.54 Å². The van der Waals surface area contributed by atoms with Gasteiger partial charge in [0.25, 0.3) is 0 Å². The third kappa shape index (κ3) is 3.08. The number of fused-ring (bicyclic) bond motifs is 3. The molecule has 240 valence electrons. The minimum Gasteiger partial charge on any atom is -0.329 e. The lowest BCUT2D eigenvalue weighted by Gasteiger charge is -2.59. The van der Waals surface area contributed by atoms with Crippen molar-refractivity contribution in [2.45, 2.75) is 76.2 Å². The summed E-state index contributed by atoms with van der Waals surface area (Å²) in [6.45, 7) is 15.1. The summed E-state index contributed by atoms with van der Waals surface area (Å²) in [6, 6.07) is 34.7. The van der Waals surface area contributed by atoms with Crippen LogP contribution in [0.5, 0.6) is 0 Å². The highest BCUT2D eigenvalue weighted by atomic mass is 15.3. The van der Waals surface area contributed by atoms with Crippen LogP contribution in [0.1, 0.15) is 86.9 Å². The Morgan fingerprint density at radius 1 is 0.633 bits per heavy atom. The van der Waals surface area contributed by atoms with Gasteiger partial charge in [0.15, 0.2) is 0 Å². The number of hydrogen-bond donors (Lipinski definition) is 0. The molecule has 3 aliphatic heterocycles. The number of benzene rings is 5. The predicted octanol–water partition coefficient (Wildman–Crippen LogP) is 11.8. The van der Waals surface area contributed by atoms with E-state index < -0.39 is 0 Å². The van der Waals surface area contributed by atoms with E-state index in [9.17, 15) is 0 Å². The van der Waals surface area contributed by atoms with E-state index in [1.807, 2.05) is 0 Å². The van der Waals surface area contributed by atoms with E-state index in [2.05, 4.69) is 162 Å². The molecule has 5 aromatic carbocycles. The minimum absolute atomic E-state index is 0.0366. The molecule has 3 unspecified atom stereocenters. The molecule has 0 amide bonds. The SMILES string of the molecule is CC1(C)C2=CC(c3c4c(c(-c5ccccc5)c5ccccc35)C=CCC4)=CC3C4C(C)(C)c5cccc6c5N(c5c1cccc5C6(C)C)C234. The summed E-state index contributed by atoms with van der Waals surface area (Å²) in [7, 11) is 0. The highest BCUT2D eigenvalue weighted by Crippen LogP contribution is 2.80. The Bertz CT molecular complexity index is 2430. The fraction of sp³-hybridized carbons (Fsp3) is 0.292. The number of allylic oxidation sites excluding steroid dienone is 3. The topological polar surface area (TPSA) is 3.24 Å². The molecule has 1 spiro atoms. The molecule has 0 N–H and O–H groups in total. The third-order valence-corrected chi connectivity index (χ3v) is 13.9. The van der Waals surface area contributed by atoms with Crippen LogP contribution >= 0.6 is 0 Å². The maximum absolute atomic E-state index is 2.90. The molecule has 3 aliphatic carbocycles. The van der Waals surface area contributed by atoms with Gasteiger partial charge in [0.05, 0.1) is 11.2 Å². The van der Waals surface area contributed by atoms with Crippen LogP contribution in [0.3, 0.4) is 0 Å².